The lowest BCUT2D eigenvalue weighted by Gasteiger charge is -2.47. The average Bonchev–Trinajstić information content (AvgIpc) is 2.80. The van der Waals surface area contributed by atoms with Gasteiger partial charge >= 0.3 is 0 Å². The van der Waals surface area contributed by atoms with Crippen LogP contribution in [0.15, 0.2) is 6.07 Å². The number of rotatable bonds is 4. The van der Waals surface area contributed by atoms with Crippen molar-refractivity contribution in [3.8, 4) is 0 Å². The van der Waals surface area contributed by atoms with Crippen molar-refractivity contribution in [3.63, 3.8) is 0 Å². The molecule has 116 valence electrons. The van der Waals surface area contributed by atoms with Crippen LogP contribution in [0.3, 0.4) is 0 Å². The van der Waals surface area contributed by atoms with Crippen molar-refractivity contribution in [2.24, 2.45) is 0 Å². The van der Waals surface area contributed by atoms with E-state index in [2.05, 4.69) is 17.3 Å². The second-order valence-electron chi connectivity index (χ2n) is 6.39. The quantitative estimate of drug-likeness (QED) is 0.838. The topological polar surface area (TPSA) is 58.4 Å². The Bertz CT molecular complexity index is 514. The minimum Gasteiger partial charge on any atom is -0.397 e. The van der Waals surface area contributed by atoms with Crippen molar-refractivity contribution in [1.82, 2.24) is 4.90 Å². The molecule has 2 bridgehead atoms. The van der Waals surface area contributed by atoms with Gasteiger partial charge in [0, 0.05) is 24.5 Å². The van der Waals surface area contributed by atoms with Gasteiger partial charge in [0.1, 0.15) is 0 Å². The molecule has 0 saturated carbocycles. The molecule has 3 rings (SSSR count). The highest BCUT2D eigenvalue weighted by Gasteiger charge is 2.36. The maximum atomic E-state index is 11.8. The van der Waals surface area contributed by atoms with Crippen molar-refractivity contribution in [2.75, 3.05) is 18.1 Å². The maximum absolute atomic E-state index is 11.8. The molecule has 3 N–H and O–H groups in total. The van der Waals surface area contributed by atoms with Gasteiger partial charge in [-0.3, -0.25) is 4.79 Å². The van der Waals surface area contributed by atoms with Crippen LogP contribution in [-0.2, 0) is 0 Å². The van der Waals surface area contributed by atoms with Gasteiger partial charge in [-0.2, -0.15) is 0 Å². The number of hydrogen-bond acceptors (Lipinski definition) is 5. The Hall–Kier alpha value is -1.07. The van der Waals surface area contributed by atoms with E-state index in [0.717, 1.165) is 5.00 Å². The van der Waals surface area contributed by atoms with Crippen LogP contribution in [0.25, 0.3) is 0 Å². The monoisotopic (exact) mass is 307 g/mol. The first-order valence-electron chi connectivity index (χ1n) is 7.99. The van der Waals surface area contributed by atoms with Crippen LogP contribution in [0.2, 0.25) is 0 Å². The van der Waals surface area contributed by atoms with E-state index in [1.165, 1.54) is 43.4 Å². The molecule has 2 fully saturated rings. The number of nitrogen functional groups attached to an aromatic ring is 1. The molecule has 2 aliphatic rings. The number of nitrogens with one attached hydrogen (secondary N) is 1. The average molecular weight is 307 g/mol. The van der Waals surface area contributed by atoms with E-state index < -0.39 is 0 Å². The van der Waals surface area contributed by atoms with E-state index in [1.807, 2.05) is 13.0 Å². The molecule has 2 atom stereocenters. The number of piperidine rings is 2. The van der Waals surface area contributed by atoms with Crippen LogP contribution in [0, 0.1) is 0 Å². The molecule has 2 unspecified atom stereocenters. The fourth-order valence-corrected chi connectivity index (χ4v) is 4.86. The van der Waals surface area contributed by atoms with E-state index in [0.29, 0.717) is 35.1 Å². The number of hydrogen-bond donors (Lipinski definition) is 2. The molecular weight excluding hydrogens is 282 g/mol. The summed E-state index contributed by atoms with van der Waals surface area (Å²) in [5, 5.41) is 4.68. The number of nitrogens with zero attached hydrogens (tertiary/aromatic N) is 1. The van der Waals surface area contributed by atoms with Crippen LogP contribution in [-0.4, -0.2) is 35.9 Å². The number of thiophene rings is 1. The predicted octanol–water partition coefficient (Wildman–Crippen LogP) is 3.35. The molecule has 1 aromatic heterocycles. The Kier molecular flexibility index (Phi) is 4.22. The Balaban J connectivity index is 1.68. The number of nitrogens with two attached hydrogens (primary N) is 1. The third kappa shape index (κ3) is 2.94. The van der Waals surface area contributed by atoms with Crippen LogP contribution in [0.5, 0.6) is 0 Å². The molecule has 21 heavy (non-hydrogen) atoms. The summed E-state index contributed by atoms with van der Waals surface area (Å²) in [6.07, 6.45) is 6.91. The van der Waals surface area contributed by atoms with Gasteiger partial charge in [-0.1, -0.05) is 13.3 Å². The van der Waals surface area contributed by atoms with Gasteiger partial charge in [0.2, 0.25) is 0 Å². The van der Waals surface area contributed by atoms with Crippen LogP contribution < -0.4 is 11.1 Å². The third-order valence-electron chi connectivity index (χ3n) is 5.02. The number of carbonyl (C=O) groups excluding carboxylic acids is 1. The summed E-state index contributed by atoms with van der Waals surface area (Å²) in [7, 11) is 2.27. The molecule has 5 heteroatoms. The Morgan fingerprint density at radius 2 is 2.10 bits per heavy atom. The molecule has 2 aliphatic heterocycles. The second-order valence-corrected chi connectivity index (χ2v) is 7.44. The normalized spacial score (nSPS) is 29.3. The molecule has 0 aliphatic carbocycles. The lowest BCUT2D eigenvalue weighted by Crippen LogP contribution is -2.52. The summed E-state index contributed by atoms with van der Waals surface area (Å²) in [6.45, 7) is 1.88. The smallest absolute Gasteiger partial charge is 0.174 e. The lowest BCUT2D eigenvalue weighted by atomic mass is 9.82. The van der Waals surface area contributed by atoms with E-state index in [-0.39, 0.29) is 5.78 Å². The number of anilines is 2. The first kappa shape index (κ1) is 14.9. The van der Waals surface area contributed by atoms with Crippen LogP contribution in [0.4, 0.5) is 10.7 Å². The van der Waals surface area contributed by atoms with Gasteiger partial charge in [0.15, 0.2) is 5.78 Å². The molecule has 0 spiro atoms. The number of ketones is 1. The highest BCUT2D eigenvalue weighted by Crippen LogP contribution is 2.36. The van der Waals surface area contributed by atoms with Crippen molar-refractivity contribution >= 4 is 27.8 Å². The predicted molar refractivity (Wildman–Crippen MR) is 89.2 cm³/mol. The molecular formula is C16H25N3OS. The van der Waals surface area contributed by atoms with Gasteiger partial charge < -0.3 is 16.0 Å². The molecule has 2 saturated heterocycles. The van der Waals surface area contributed by atoms with Crippen LogP contribution in [0.1, 0.15) is 55.1 Å². The molecule has 0 amide bonds. The van der Waals surface area contributed by atoms with E-state index >= 15 is 0 Å². The highest BCUT2D eigenvalue weighted by atomic mass is 32.1. The summed E-state index contributed by atoms with van der Waals surface area (Å²) in [4.78, 5) is 15.1. The first-order chi connectivity index (χ1) is 10.1. The minimum atomic E-state index is 0.144. The Labute approximate surface area is 130 Å². The van der Waals surface area contributed by atoms with E-state index in [9.17, 15) is 4.79 Å². The summed E-state index contributed by atoms with van der Waals surface area (Å²) >= 11 is 1.52. The number of fused-ring (bicyclic) bond motifs is 2. The SMILES string of the molecule is CCC(=O)c1sc(NC2CC3CCCC(C2)N3C)cc1N. The first-order valence-corrected chi connectivity index (χ1v) is 8.81. The summed E-state index contributed by atoms with van der Waals surface area (Å²) in [6, 6.07) is 3.87. The second kappa shape index (κ2) is 5.97. The molecule has 0 radical (unpaired) electrons. The zero-order valence-corrected chi connectivity index (χ0v) is 13.7. The number of carbonyl (C=O) groups is 1. The lowest BCUT2D eigenvalue weighted by molar-refractivity contribution is 0.0609. The maximum Gasteiger partial charge on any atom is 0.174 e. The van der Waals surface area contributed by atoms with Gasteiger partial charge in [-0.05, 0) is 38.8 Å². The van der Waals surface area contributed by atoms with Crippen molar-refractivity contribution in [2.45, 2.75) is 63.6 Å². The van der Waals surface area contributed by atoms with E-state index in [1.54, 1.807) is 0 Å². The van der Waals surface area contributed by atoms with E-state index in [4.69, 9.17) is 5.73 Å². The summed E-state index contributed by atoms with van der Waals surface area (Å²) in [5.41, 5.74) is 6.61. The molecule has 4 nitrogen and oxygen atoms in total. The van der Waals surface area contributed by atoms with Crippen molar-refractivity contribution < 1.29 is 4.79 Å². The third-order valence-corrected chi connectivity index (χ3v) is 6.14. The minimum absolute atomic E-state index is 0.144. The molecule has 0 aromatic carbocycles. The molecule has 3 heterocycles. The van der Waals surface area contributed by atoms with Crippen molar-refractivity contribution in [1.29, 1.82) is 0 Å². The fraction of sp³-hybridized carbons (Fsp3) is 0.688. The summed E-state index contributed by atoms with van der Waals surface area (Å²) < 4.78 is 0. The Morgan fingerprint density at radius 1 is 1.43 bits per heavy atom. The number of Topliss-reactive ketones (excluding diaryl/α,β-unsaturated/α-hetero) is 1. The van der Waals surface area contributed by atoms with Gasteiger partial charge in [-0.25, -0.2) is 0 Å². The van der Waals surface area contributed by atoms with Crippen LogP contribution >= 0.6 is 11.3 Å². The molecule has 1 aromatic rings. The highest BCUT2D eigenvalue weighted by molar-refractivity contribution is 7.18. The van der Waals surface area contributed by atoms with Gasteiger partial charge in [0.25, 0.3) is 0 Å². The largest absolute Gasteiger partial charge is 0.397 e. The zero-order chi connectivity index (χ0) is 15.0. The van der Waals surface area contributed by atoms with Gasteiger partial charge in [-0.15, -0.1) is 11.3 Å². The van der Waals surface area contributed by atoms with Crippen molar-refractivity contribution in [3.05, 3.63) is 10.9 Å². The fourth-order valence-electron chi connectivity index (χ4n) is 3.79. The summed E-state index contributed by atoms with van der Waals surface area (Å²) in [5.74, 6) is 0.144. The van der Waals surface area contributed by atoms with Gasteiger partial charge in [0.05, 0.1) is 15.6 Å². The zero-order valence-electron chi connectivity index (χ0n) is 12.9. The standard InChI is InChI=1S/C16H25N3OS/c1-3-14(20)16-13(17)9-15(21-16)18-10-7-11-5-4-6-12(8-10)19(11)2/h9-12,18H,3-8,17H2,1-2H3. The Morgan fingerprint density at radius 3 is 2.71 bits per heavy atom.